The molecule has 2 unspecified atom stereocenters. The normalized spacial score (nSPS) is 26.4. The van der Waals surface area contributed by atoms with Crippen LogP contribution in [0.5, 0.6) is 0 Å². The third kappa shape index (κ3) is 6.76. The number of ether oxygens (including phenoxy) is 1. The van der Waals surface area contributed by atoms with E-state index in [9.17, 15) is 9.90 Å². The Morgan fingerprint density at radius 2 is 2.04 bits per heavy atom. The van der Waals surface area contributed by atoms with Crippen LogP contribution in [-0.4, -0.2) is 61.0 Å². The largest absolute Gasteiger partial charge is 0.388 e. The predicted molar refractivity (Wildman–Crippen MR) is 103 cm³/mol. The van der Waals surface area contributed by atoms with Gasteiger partial charge in [0.15, 0.2) is 5.96 Å². The summed E-state index contributed by atoms with van der Waals surface area (Å²) in [6.07, 6.45) is 5.08. The molecule has 0 bridgehead atoms. The number of hydrogen-bond donors (Lipinski definition) is 4. The van der Waals surface area contributed by atoms with Crippen molar-refractivity contribution in [2.75, 3.05) is 26.3 Å². The van der Waals surface area contributed by atoms with Gasteiger partial charge in [-0.3, -0.25) is 9.79 Å². The monoisotopic (exact) mass is 368 g/mol. The first-order chi connectivity index (χ1) is 12.4. The van der Waals surface area contributed by atoms with Crippen LogP contribution >= 0.6 is 0 Å². The number of aliphatic imine (C=N–C) groups is 1. The van der Waals surface area contributed by atoms with Gasteiger partial charge in [0.25, 0.3) is 0 Å². The van der Waals surface area contributed by atoms with Crippen LogP contribution < -0.4 is 16.0 Å². The van der Waals surface area contributed by atoms with Gasteiger partial charge < -0.3 is 25.8 Å². The Balaban J connectivity index is 1.91. The van der Waals surface area contributed by atoms with Gasteiger partial charge in [0.05, 0.1) is 12.1 Å². The van der Waals surface area contributed by atoms with Crippen molar-refractivity contribution in [2.24, 2.45) is 10.9 Å². The van der Waals surface area contributed by atoms with Crippen molar-refractivity contribution >= 4 is 11.9 Å². The van der Waals surface area contributed by atoms with E-state index >= 15 is 0 Å². The van der Waals surface area contributed by atoms with Crippen LogP contribution in [0, 0.1) is 5.92 Å². The highest BCUT2D eigenvalue weighted by molar-refractivity contribution is 5.81. The maximum Gasteiger partial charge on any atom is 0.223 e. The molecule has 1 aliphatic heterocycles. The molecule has 26 heavy (non-hydrogen) atoms. The first kappa shape index (κ1) is 21.0. The number of hydrogen-bond acceptors (Lipinski definition) is 4. The second kappa shape index (κ2) is 10.1. The van der Waals surface area contributed by atoms with E-state index in [1.165, 1.54) is 0 Å². The lowest BCUT2D eigenvalue weighted by atomic mass is 9.85. The zero-order valence-electron chi connectivity index (χ0n) is 16.5. The van der Waals surface area contributed by atoms with Crippen LogP contribution in [0.3, 0.4) is 0 Å². The first-order valence-corrected chi connectivity index (χ1v) is 10.1. The molecule has 7 heteroatoms. The molecule has 1 heterocycles. The highest BCUT2D eigenvalue weighted by Gasteiger charge is 2.30. The zero-order valence-corrected chi connectivity index (χ0v) is 16.5. The molecule has 7 nitrogen and oxygen atoms in total. The summed E-state index contributed by atoms with van der Waals surface area (Å²) in [4.78, 5) is 16.9. The number of nitrogens with one attached hydrogen (secondary N) is 3. The number of carbonyl (C=O) groups is 1. The van der Waals surface area contributed by atoms with Crippen LogP contribution in [0.4, 0.5) is 0 Å². The molecule has 2 rings (SSSR count). The van der Waals surface area contributed by atoms with Crippen molar-refractivity contribution in [1.82, 2.24) is 16.0 Å². The highest BCUT2D eigenvalue weighted by Crippen LogP contribution is 2.25. The third-order valence-electron chi connectivity index (χ3n) is 5.12. The predicted octanol–water partition coefficient (Wildman–Crippen LogP) is 1.17. The summed E-state index contributed by atoms with van der Waals surface area (Å²) in [6, 6.07) is 0.406. The lowest BCUT2D eigenvalue weighted by molar-refractivity contribution is -0.126. The van der Waals surface area contributed by atoms with Crippen LogP contribution in [0.15, 0.2) is 4.99 Å². The van der Waals surface area contributed by atoms with E-state index < -0.39 is 5.60 Å². The molecule has 1 amide bonds. The summed E-state index contributed by atoms with van der Waals surface area (Å²) in [5.41, 5.74) is -0.771. The summed E-state index contributed by atoms with van der Waals surface area (Å²) < 4.78 is 5.32. The Hall–Kier alpha value is -1.34. The van der Waals surface area contributed by atoms with Gasteiger partial charge in [0.1, 0.15) is 0 Å². The number of rotatable bonds is 6. The van der Waals surface area contributed by atoms with Gasteiger partial charge in [0, 0.05) is 50.6 Å². The van der Waals surface area contributed by atoms with Crippen molar-refractivity contribution in [2.45, 2.75) is 77.0 Å². The van der Waals surface area contributed by atoms with E-state index in [0.29, 0.717) is 32.6 Å². The SMILES string of the molecule is CCNC(=NCC1(O)CCOCC1)NC1CCCC(C(=O)NC(C)C)C1. The van der Waals surface area contributed by atoms with Gasteiger partial charge in [-0.2, -0.15) is 0 Å². The molecule has 2 fully saturated rings. The Morgan fingerprint density at radius 3 is 2.69 bits per heavy atom. The smallest absolute Gasteiger partial charge is 0.223 e. The number of aliphatic hydroxyl groups is 1. The van der Waals surface area contributed by atoms with E-state index in [0.717, 1.165) is 38.2 Å². The van der Waals surface area contributed by atoms with Crippen LogP contribution in [0.1, 0.15) is 59.3 Å². The lowest BCUT2D eigenvalue weighted by Crippen LogP contribution is -2.48. The van der Waals surface area contributed by atoms with Gasteiger partial charge in [-0.25, -0.2) is 0 Å². The van der Waals surface area contributed by atoms with E-state index in [4.69, 9.17) is 4.74 Å². The number of carbonyl (C=O) groups excluding carboxylic acids is 1. The summed E-state index contributed by atoms with van der Waals surface area (Å²) in [5.74, 6) is 0.943. The number of guanidine groups is 1. The summed E-state index contributed by atoms with van der Waals surface area (Å²) in [7, 11) is 0. The summed E-state index contributed by atoms with van der Waals surface area (Å²) in [6.45, 7) is 8.32. The maximum atomic E-state index is 12.3. The second-order valence-corrected chi connectivity index (χ2v) is 7.90. The van der Waals surface area contributed by atoms with E-state index in [-0.39, 0.29) is 23.9 Å². The molecule has 0 radical (unpaired) electrons. The van der Waals surface area contributed by atoms with Gasteiger partial charge in [-0.15, -0.1) is 0 Å². The molecule has 2 aliphatic rings. The van der Waals surface area contributed by atoms with E-state index in [1.807, 2.05) is 20.8 Å². The molecular weight excluding hydrogens is 332 g/mol. The van der Waals surface area contributed by atoms with Crippen LogP contribution in [0.25, 0.3) is 0 Å². The van der Waals surface area contributed by atoms with Gasteiger partial charge in [-0.1, -0.05) is 6.42 Å². The van der Waals surface area contributed by atoms with Crippen LogP contribution in [0.2, 0.25) is 0 Å². The molecular formula is C19H36N4O3. The van der Waals surface area contributed by atoms with E-state index in [2.05, 4.69) is 20.9 Å². The molecule has 1 aliphatic carbocycles. The quantitative estimate of drug-likeness (QED) is 0.417. The Bertz CT molecular complexity index is 475. The molecule has 0 spiro atoms. The molecule has 2 atom stereocenters. The second-order valence-electron chi connectivity index (χ2n) is 7.90. The number of amides is 1. The number of nitrogens with zero attached hydrogens (tertiary/aromatic N) is 1. The van der Waals surface area contributed by atoms with Crippen LogP contribution in [-0.2, 0) is 9.53 Å². The van der Waals surface area contributed by atoms with Crippen molar-refractivity contribution in [3.8, 4) is 0 Å². The molecule has 1 saturated heterocycles. The summed E-state index contributed by atoms with van der Waals surface area (Å²) >= 11 is 0. The minimum atomic E-state index is -0.771. The first-order valence-electron chi connectivity index (χ1n) is 10.1. The minimum absolute atomic E-state index is 0.0613. The Morgan fingerprint density at radius 1 is 1.31 bits per heavy atom. The zero-order chi connectivity index (χ0) is 19.0. The van der Waals surface area contributed by atoms with Gasteiger partial charge >= 0.3 is 0 Å². The molecule has 1 saturated carbocycles. The average molecular weight is 369 g/mol. The molecule has 0 aromatic rings. The maximum absolute atomic E-state index is 12.3. The molecule has 4 N–H and O–H groups in total. The molecule has 0 aromatic carbocycles. The highest BCUT2D eigenvalue weighted by atomic mass is 16.5. The Kier molecular flexibility index (Phi) is 8.15. The topological polar surface area (TPSA) is 95.0 Å². The molecule has 0 aromatic heterocycles. The average Bonchev–Trinajstić information content (AvgIpc) is 2.60. The Labute approximate surface area is 157 Å². The minimum Gasteiger partial charge on any atom is -0.388 e. The fourth-order valence-electron chi connectivity index (χ4n) is 3.61. The third-order valence-corrected chi connectivity index (χ3v) is 5.12. The van der Waals surface area contributed by atoms with E-state index in [1.54, 1.807) is 0 Å². The molecule has 150 valence electrons. The van der Waals surface area contributed by atoms with Crippen molar-refractivity contribution < 1.29 is 14.6 Å². The van der Waals surface area contributed by atoms with Crippen molar-refractivity contribution in [3.05, 3.63) is 0 Å². The van der Waals surface area contributed by atoms with Crippen molar-refractivity contribution in [1.29, 1.82) is 0 Å². The fraction of sp³-hybridized carbons (Fsp3) is 0.895. The summed E-state index contributed by atoms with van der Waals surface area (Å²) in [5, 5.41) is 20.4. The van der Waals surface area contributed by atoms with Gasteiger partial charge in [0.2, 0.25) is 5.91 Å². The fourth-order valence-corrected chi connectivity index (χ4v) is 3.61. The van der Waals surface area contributed by atoms with Crippen molar-refractivity contribution in [3.63, 3.8) is 0 Å². The lowest BCUT2D eigenvalue weighted by Gasteiger charge is -2.32. The van der Waals surface area contributed by atoms with Gasteiger partial charge in [-0.05, 0) is 40.0 Å². The standard InChI is InChI=1S/C19H36N4O3/c1-4-20-18(21-13-19(25)8-10-26-11-9-19)23-16-7-5-6-15(12-16)17(24)22-14(2)3/h14-16,25H,4-13H2,1-3H3,(H,22,24)(H2,20,21,23).